The number of hydrogen-bond acceptors (Lipinski definition) is 8. The van der Waals surface area contributed by atoms with Crippen LogP contribution in [0, 0.1) is 5.82 Å². The summed E-state index contributed by atoms with van der Waals surface area (Å²) in [6.45, 7) is 7.22. The van der Waals surface area contributed by atoms with Crippen LogP contribution in [0.1, 0.15) is 42.8 Å². The molecular weight excluding hydrogens is 489 g/mol. The fourth-order valence-electron chi connectivity index (χ4n) is 5.59. The number of aromatic nitrogens is 4. The standard InChI is InChI=1S/C27H34FN7O3/c1-18-17-37-14-12-34(18)22-15-19(27(36)33-10-8-32(2)9-11-33)24-20(28)16-29-25(26(24)31-22)21-6-7-30-35(21)23-5-3-4-13-38-23/h6-7,15-16,18,23H,3-5,8-14,17H2,1-2H3/t18-,23?/m1/s1. The Morgan fingerprint density at radius 2 is 1.97 bits per heavy atom. The van der Waals surface area contributed by atoms with Gasteiger partial charge in [-0.2, -0.15) is 5.10 Å². The third-order valence-electron chi connectivity index (χ3n) is 7.80. The SMILES string of the molecule is C[C@@H]1COCCN1c1cc(C(=O)N2CCN(C)CC2)c2c(F)cnc(-c3ccnn3C3CCCCO3)c2n1. The Kier molecular flexibility index (Phi) is 6.98. The smallest absolute Gasteiger partial charge is 0.254 e. The molecule has 0 aromatic carbocycles. The third kappa shape index (κ3) is 4.63. The predicted octanol–water partition coefficient (Wildman–Crippen LogP) is 2.94. The maximum Gasteiger partial charge on any atom is 0.254 e. The van der Waals surface area contributed by atoms with Crippen LogP contribution in [0.25, 0.3) is 22.3 Å². The number of ether oxygens (including phenoxy) is 2. The predicted molar refractivity (Wildman–Crippen MR) is 141 cm³/mol. The molecule has 0 bridgehead atoms. The highest BCUT2D eigenvalue weighted by atomic mass is 19.1. The van der Waals surface area contributed by atoms with Gasteiger partial charge >= 0.3 is 0 Å². The molecule has 6 heterocycles. The molecule has 3 fully saturated rings. The Hall–Kier alpha value is -3.15. The summed E-state index contributed by atoms with van der Waals surface area (Å²) in [4.78, 5) is 29.5. The van der Waals surface area contributed by atoms with E-state index in [4.69, 9.17) is 14.5 Å². The monoisotopic (exact) mass is 523 g/mol. The first-order valence-electron chi connectivity index (χ1n) is 13.5. The minimum absolute atomic E-state index is 0.0615. The number of halogens is 1. The fraction of sp³-hybridized carbons (Fsp3) is 0.556. The highest BCUT2D eigenvalue weighted by Crippen LogP contribution is 2.35. The van der Waals surface area contributed by atoms with E-state index in [0.29, 0.717) is 67.7 Å². The lowest BCUT2D eigenvalue weighted by Gasteiger charge is -2.35. The van der Waals surface area contributed by atoms with Crippen LogP contribution in [-0.2, 0) is 9.47 Å². The van der Waals surface area contributed by atoms with E-state index in [2.05, 4.69) is 26.8 Å². The molecule has 1 amide bonds. The molecule has 0 N–H and O–H groups in total. The van der Waals surface area contributed by atoms with Gasteiger partial charge < -0.3 is 24.2 Å². The van der Waals surface area contributed by atoms with Crippen LogP contribution in [0.3, 0.4) is 0 Å². The van der Waals surface area contributed by atoms with Gasteiger partial charge in [-0.25, -0.2) is 19.0 Å². The van der Waals surface area contributed by atoms with Gasteiger partial charge in [0.15, 0.2) is 12.0 Å². The molecule has 3 aliphatic rings. The van der Waals surface area contributed by atoms with E-state index in [1.54, 1.807) is 17.2 Å². The lowest BCUT2D eigenvalue weighted by molar-refractivity contribution is -0.0383. The lowest BCUT2D eigenvalue weighted by Crippen LogP contribution is -2.47. The number of rotatable bonds is 4. The van der Waals surface area contributed by atoms with Crippen molar-refractivity contribution in [1.82, 2.24) is 29.5 Å². The van der Waals surface area contributed by atoms with Crippen LogP contribution in [0.15, 0.2) is 24.5 Å². The largest absolute Gasteiger partial charge is 0.377 e. The molecule has 3 aliphatic heterocycles. The summed E-state index contributed by atoms with van der Waals surface area (Å²) in [5.74, 6) is -0.123. The Labute approximate surface area is 221 Å². The number of carbonyl (C=O) groups excluding carboxylic acids is 1. The lowest BCUT2D eigenvalue weighted by atomic mass is 10.0. The minimum Gasteiger partial charge on any atom is -0.377 e. The quantitative estimate of drug-likeness (QED) is 0.516. The summed E-state index contributed by atoms with van der Waals surface area (Å²) in [5, 5.41) is 4.73. The van der Waals surface area contributed by atoms with Crippen LogP contribution in [0.5, 0.6) is 0 Å². The van der Waals surface area contributed by atoms with Crippen molar-refractivity contribution >= 4 is 22.6 Å². The molecule has 6 rings (SSSR count). The molecule has 2 atom stereocenters. The zero-order chi connectivity index (χ0) is 26.2. The summed E-state index contributed by atoms with van der Waals surface area (Å²) in [6, 6.07) is 3.66. The molecule has 3 aromatic heterocycles. The summed E-state index contributed by atoms with van der Waals surface area (Å²) < 4.78 is 29.0. The van der Waals surface area contributed by atoms with Crippen LogP contribution in [-0.4, -0.2) is 101 Å². The third-order valence-corrected chi connectivity index (χ3v) is 7.80. The zero-order valence-electron chi connectivity index (χ0n) is 22.0. The van der Waals surface area contributed by atoms with Crippen molar-refractivity contribution in [2.24, 2.45) is 0 Å². The number of pyridine rings is 2. The fourth-order valence-corrected chi connectivity index (χ4v) is 5.59. The molecule has 0 aliphatic carbocycles. The van der Waals surface area contributed by atoms with Gasteiger partial charge in [0, 0.05) is 45.5 Å². The molecule has 10 nitrogen and oxygen atoms in total. The van der Waals surface area contributed by atoms with Gasteiger partial charge in [-0.1, -0.05) is 0 Å². The average molecular weight is 524 g/mol. The minimum atomic E-state index is -0.560. The summed E-state index contributed by atoms with van der Waals surface area (Å²) in [7, 11) is 2.04. The number of nitrogens with zero attached hydrogens (tertiary/aromatic N) is 7. The number of piperazine rings is 1. The molecule has 0 saturated carbocycles. The highest BCUT2D eigenvalue weighted by molar-refractivity contribution is 6.09. The first kappa shape index (κ1) is 25.1. The molecule has 11 heteroatoms. The molecule has 0 radical (unpaired) electrons. The number of amides is 1. The van der Waals surface area contributed by atoms with E-state index in [1.165, 1.54) is 6.20 Å². The van der Waals surface area contributed by atoms with Gasteiger partial charge in [0.2, 0.25) is 0 Å². The summed E-state index contributed by atoms with van der Waals surface area (Å²) in [5.41, 5.74) is 1.86. The van der Waals surface area contributed by atoms with E-state index in [1.807, 2.05) is 17.8 Å². The topological polar surface area (TPSA) is 88.9 Å². The molecule has 202 valence electrons. The second-order valence-corrected chi connectivity index (χ2v) is 10.4. The second-order valence-electron chi connectivity index (χ2n) is 10.4. The molecule has 1 unspecified atom stereocenters. The molecular formula is C27H34FN7O3. The zero-order valence-corrected chi connectivity index (χ0v) is 22.0. The number of likely N-dealkylation sites (N-methyl/N-ethyl adjacent to an activating group) is 1. The summed E-state index contributed by atoms with van der Waals surface area (Å²) in [6.07, 6.45) is 5.58. The normalized spacial score (nSPS) is 23.2. The number of anilines is 1. The van der Waals surface area contributed by atoms with Crippen molar-refractivity contribution in [3.8, 4) is 11.4 Å². The Morgan fingerprint density at radius 1 is 1.13 bits per heavy atom. The average Bonchev–Trinajstić information content (AvgIpc) is 3.43. The van der Waals surface area contributed by atoms with Gasteiger partial charge in [0.1, 0.15) is 17.0 Å². The van der Waals surface area contributed by atoms with Crippen molar-refractivity contribution in [1.29, 1.82) is 0 Å². The molecule has 0 spiro atoms. The summed E-state index contributed by atoms with van der Waals surface area (Å²) >= 11 is 0. The number of fused-ring (bicyclic) bond motifs is 1. The second kappa shape index (κ2) is 10.5. The highest BCUT2D eigenvalue weighted by Gasteiger charge is 2.30. The Morgan fingerprint density at radius 3 is 2.74 bits per heavy atom. The van der Waals surface area contributed by atoms with Gasteiger partial charge in [-0.15, -0.1) is 0 Å². The van der Waals surface area contributed by atoms with Crippen LogP contribution in [0.4, 0.5) is 10.2 Å². The number of morpholine rings is 1. The van der Waals surface area contributed by atoms with E-state index in [-0.39, 0.29) is 23.6 Å². The molecule has 38 heavy (non-hydrogen) atoms. The molecule has 3 saturated heterocycles. The van der Waals surface area contributed by atoms with Crippen molar-refractivity contribution in [2.75, 3.05) is 64.5 Å². The van der Waals surface area contributed by atoms with Crippen LogP contribution < -0.4 is 4.90 Å². The first-order valence-corrected chi connectivity index (χ1v) is 13.5. The van der Waals surface area contributed by atoms with Crippen molar-refractivity contribution in [3.05, 3.63) is 35.9 Å². The van der Waals surface area contributed by atoms with E-state index in [0.717, 1.165) is 32.4 Å². The van der Waals surface area contributed by atoms with Crippen molar-refractivity contribution < 1.29 is 18.7 Å². The van der Waals surface area contributed by atoms with Gasteiger partial charge in [-0.3, -0.25) is 4.79 Å². The van der Waals surface area contributed by atoms with Crippen molar-refractivity contribution in [2.45, 2.75) is 38.5 Å². The molecule has 3 aromatic rings. The van der Waals surface area contributed by atoms with E-state index < -0.39 is 5.82 Å². The first-order chi connectivity index (χ1) is 18.5. The number of hydrogen-bond donors (Lipinski definition) is 0. The Balaban J connectivity index is 1.52. The van der Waals surface area contributed by atoms with Gasteiger partial charge in [0.25, 0.3) is 5.91 Å². The van der Waals surface area contributed by atoms with E-state index >= 15 is 4.39 Å². The van der Waals surface area contributed by atoms with Crippen LogP contribution in [0.2, 0.25) is 0 Å². The van der Waals surface area contributed by atoms with E-state index in [9.17, 15) is 4.79 Å². The van der Waals surface area contributed by atoms with Gasteiger partial charge in [-0.05, 0) is 45.4 Å². The van der Waals surface area contributed by atoms with Crippen LogP contribution >= 0.6 is 0 Å². The number of carbonyl (C=O) groups is 1. The maximum absolute atomic E-state index is 15.6. The maximum atomic E-state index is 15.6. The van der Waals surface area contributed by atoms with Crippen molar-refractivity contribution in [3.63, 3.8) is 0 Å². The van der Waals surface area contributed by atoms with Gasteiger partial charge in [0.05, 0.1) is 42.1 Å². The Bertz CT molecular complexity index is 1320.